The first-order valence-electron chi connectivity index (χ1n) is 6.65. The zero-order chi connectivity index (χ0) is 15.3. The van der Waals surface area contributed by atoms with Crippen LogP contribution in [-0.2, 0) is 4.79 Å². The Labute approximate surface area is 123 Å². The first-order valence-corrected chi connectivity index (χ1v) is 7.47. The van der Waals surface area contributed by atoms with Gasteiger partial charge in [0.05, 0.1) is 6.04 Å². The van der Waals surface area contributed by atoms with Gasteiger partial charge in [0.15, 0.2) is 0 Å². The topological polar surface area (TPSA) is 78.4 Å². The third-order valence-corrected chi connectivity index (χ3v) is 4.03. The summed E-state index contributed by atoms with van der Waals surface area (Å²) in [5, 5.41) is 14.4. The molecule has 0 aromatic carbocycles. The summed E-state index contributed by atoms with van der Waals surface area (Å²) < 4.78 is 0. The van der Waals surface area contributed by atoms with Crippen LogP contribution < -0.4 is 10.6 Å². The third-order valence-electron chi connectivity index (χ3n) is 2.85. The molecule has 112 valence electrons. The lowest BCUT2D eigenvalue weighted by Crippen LogP contribution is -2.47. The van der Waals surface area contributed by atoms with Crippen LogP contribution in [0, 0.1) is 12.8 Å². The lowest BCUT2D eigenvalue weighted by molar-refractivity contribution is -0.139. The van der Waals surface area contributed by atoms with Gasteiger partial charge in [-0.3, -0.25) is 0 Å². The molecule has 20 heavy (non-hydrogen) atoms. The number of aryl methyl sites for hydroxylation is 1. The number of aliphatic carboxylic acids is 1. The summed E-state index contributed by atoms with van der Waals surface area (Å²) in [6.45, 7) is 7.73. The van der Waals surface area contributed by atoms with Crippen molar-refractivity contribution < 1.29 is 14.7 Å². The molecule has 1 rings (SSSR count). The summed E-state index contributed by atoms with van der Waals surface area (Å²) in [5.74, 6) is -0.803. The fourth-order valence-corrected chi connectivity index (χ4v) is 2.73. The molecular formula is C14H22N2O3S. The molecule has 1 heterocycles. The second kappa shape index (κ2) is 7.28. The lowest BCUT2D eigenvalue weighted by atomic mass is 10.0. The normalized spacial score (nSPS) is 13.8. The van der Waals surface area contributed by atoms with Gasteiger partial charge in [-0.25, -0.2) is 9.59 Å². The van der Waals surface area contributed by atoms with E-state index in [1.165, 1.54) is 4.88 Å². The van der Waals surface area contributed by atoms with Crippen LogP contribution in [0.4, 0.5) is 4.79 Å². The summed E-state index contributed by atoms with van der Waals surface area (Å²) in [4.78, 5) is 25.2. The fraction of sp³-hybridized carbons (Fsp3) is 0.571. The number of carbonyl (C=O) groups excluding carboxylic acids is 1. The second-order valence-electron chi connectivity index (χ2n) is 5.31. The Bertz CT molecular complexity index is 471. The van der Waals surface area contributed by atoms with Crippen LogP contribution in [0.15, 0.2) is 12.1 Å². The van der Waals surface area contributed by atoms with E-state index in [4.69, 9.17) is 5.11 Å². The molecular weight excluding hydrogens is 276 g/mol. The van der Waals surface area contributed by atoms with E-state index in [-0.39, 0.29) is 12.0 Å². The highest BCUT2D eigenvalue weighted by Gasteiger charge is 2.22. The summed E-state index contributed by atoms with van der Waals surface area (Å²) >= 11 is 1.61. The first kappa shape index (κ1) is 16.5. The maximum absolute atomic E-state index is 11.8. The Morgan fingerprint density at radius 2 is 1.90 bits per heavy atom. The number of thiophene rings is 1. The second-order valence-corrected chi connectivity index (χ2v) is 6.63. The van der Waals surface area contributed by atoms with Crippen molar-refractivity contribution in [3.8, 4) is 0 Å². The highest BCUT2D eigenvalue weighted by atomic mass is 32.1. The molecule has 6 heteroatoms. The molecule has 0 spiro atoms. The van der Waals surface area contributed by atoms with Crippen molar-refractivity contribution >= 4 is 23.3 Å². The van der Waals surface area contributed by atoms with Gasteiger partial charge in [-0.2, -0.15) is 0 Å². The van der Waals surface area contributed by atoms with E-state index < -0.39 is 18.0 Å². The van der Waals surface area contributed by atoms with Crippen LogP contribution in [0.5, 0.6) is 0 Å². The molecule has 0 aliphatic carbocycles. The maximum atomic E-state index is 11.8. The Morgan fingerprint density at radius 3 is 2.35 bits per heavy atom. The molecule has 2 amide bonds. The van der Waals surface area contributed by atoms with E-state index in [2.05, 4.69) is 10.6 Å². The van der Waals surface area contributed by atoms with Gasteiger partial charge in [-0.1, -0.05) is 13.8 Å². The molecule has 1 unspecified atom stereocenters. The van der Waals surface area contributed by atoms with Crippen molar-refractivity contribution in [2.75, 3.05) is 0 Å². The third kappa shape index (κ3) is 5.21. The zero-order valence-corrected chi connectivity index (χ0v) is 13.1. The van der Waals surface area contributed by atoms with E-state index in [0.717, 1.165) is 4.88 Å². The number of amides is 2. The first-order chi connectivity index (χ1) is 9.29. The minimum absolute atomic E-state index is 0.137. The number of nitrogens with one attached hydrogen (secondary N) is 2. The average molecular weight is 298 g/mol. The standard InChI is InChI=1S/C14H22N2O3S/c1-8(2)7-11(13(17)18)16-14(19)15-10(4)12-6-5-9(3)20-12/h5-6,8,10-11H,7H2,1-4H3,(H,17,18)(H2,15,16,19)/t10?,11-/m1/s1. The van der Waals surface area contributed by atoms with E-state index in [1.54, 1.807) is 11.3 Å². The van der Waals surface area contributed by atoms with E-state index in [1.807, 2.05) is 39.8 Å². The van der Waals surface area contributed by atoms with E-state index in [0.29, 0.717) is 6.42 Å². The van der Waals surface area contributed by atoms with Crippen LogP contribution >= 0.6 is 11.3 Å². The molecule has 0 saturated carbocycles. The van der Waals surface area contributed by atoms with Crippen molar-refractivity contribution in [1.29, 1.82) is 0 Å². The molecule has 0 saturated heterocycles. The van der Waals surface area contributed by atoms with Gasteiger partial charge in [0.2, 0.25) is 0 Å². The molecule has 0 bridgehead atoms. The fourth-order valence-electron chi connectivity index (χ4n) is 1.85. The minimum Gasteiger partial charge on any atom is -0.480 e. The van der Waals surface area contributed by atoms with Crippen LogP contribution in [0.1, 0.15) is 43.0 Å². The number of carboxylic acid groups (broad SMARTS) is 1. The van der Waals surface area contributed by atoms with Crippen LogP contribution in [0.2, 0.25) is 0 Å². The lowest BCUT2D eigenvalue weighted by Gasteiger charge is -2.19. The molecule has 1 aromatic rings. The number of carboxylic acids is 1. The van der Waals surface area contributed by atoms with Crippen molar-refractivity contribution in [2.24, 2.45) is 5.92 Å². The molecule has 3 N–H and O–H groups in total. The molecule has 1 aromatic heterocycles. The maximum Gasteiger partial charge on any atom is 0.326 e. The van der Waals surface area contributed by atoms with Gasteiger partial charge in [0.25, 0.3) is 0 Å². The summed E-state index contributed by atoms with van der Waals surface area (Å²) in [6.07, 6.45) is 0.412. The van der Waals surface area contributed by atoms with Gasteiger partial charge in [0, 0.05) is 9.75 Å². The van der Waals surface area contributed by atoms with Crippen LogP contribution in [0.25, 0.3) is 0 Å². The van der Waals surface area contributed by atoms with Crippen molar-refractivity contribution in [2.45, 2.75) is 46.2 Å². The SMILES string of the molecule is Cc1ccc(C(C)NC(=O)N[C@H](CC(C)C)C(=O)O)s1. The Kier molecular flexibility index (Phi) is 6.01. The van der Waals surface area contributed by atoms with Crippen molar-refractivity contribution in [3.05, 3.63) is 21.9 Å². The molecule has 0 radical (unpaired) electrons. The molecule has 0 aliphatic rings. The number of rotatable bonds is 6. The van der Waals surface area contributed by atoms with Crippen LogP contribution in [0.3, 0.4) is 0 Å². The zero-order valence-electron chi connectivity index (χ0n) is 12.3. The van der Waals surface area contributed by atoms with Gasteiger partial charge >= 0.3 is 12.0 Å². The number of hydrogen-bond acceptors (Lipinski definition) is 3. The highest BCUT2D eigenvalue weighted by molar-refractivity contribution is 7.12. The largest absolute Gasteiger partial charge is 0.480 e. The van der Waals surface area contributed by atoms with Gasteiger partial charge in [0.1, 0.15) is 6.04 Å². The number of carbonyl (C=O) groups is 2. The van der Waals surface area contributed by atoms with Crippen LogP contribution in [-0.4, -0.2) is 23.1 Å². The average Bonchev–Trinajstić information content (AvgIpc) is 2.74. The monoisotopic (exact) mass is 298 g/mol. The van der Waals surface area contributed by atoms with Gasteiger partial charge in [-0.05, 0) is 38.3 Å². The number of urea groups is 1. The summed E-state index contributed by atoms with van der Waals surface area (Å²) in [7, 11) is 0. The summed E-state index contributed by atoms with van der Waals surface area (Å²) in [5.41, 5.74) is 0. The highest BCUT2D eigenvalue weighted by Crippen LogP contribution is 2.22. The quantitative estimate of drug-likeness (QED) is 0.755. The van der Waals surface area contributed by atoms with Gasteiger partial charge in [-0.15, -0.1) is 11.3 Å². The predicted molar refractivity (Wildman–Crippen MR) is 80.0 cm³/mol. The molecule has 2 atom stereocenters. The minimum atomic E-state index is -1.01. The van der Waals surface area contributed by atoms with E-state index >= 15 is 0 Å². The Hall–Kier alpha value is -1.56. The van der Waals surface area contributed by atoms with Gasteiger partial charge < -0.3 is 15.7 Å². The van der Waals surface area contributed by atoms with Crippen molar-refractivity contribution in [3.63, 3.8) is 0 Å². The number of hydrogen-bond donors (Lipinski definition) is 3. The predicted octanol–water partition coefficient (Wildman–Crippen LogP) is 2.92. The Morgan fingerprint density at radius 1 is 1.25 bits per heavy atom. The molecule has 5 nitrogen and oxygen atoms in total. The van der Waals surface area contributed by atoms with Crippen molar-refractivity contribution in [1.82, 2.24) is 10.6 Å². The summed E-state index contributed by atoms with van der Waals surface area (Å²) in [6, 6.07) is 2.52. The molecule has 0 aliphatic heterocycles. The van der Waals surface area contributed by atoms with E-state index in [9.17, 15) is 9.59 Å². The smallest absolute Gasteiger partial charge is 0.326 e. The Balaban J connectivity index is 2.55. The molecule has 0 fully saturated rings.